The number of hydrogen-bond donors (Lipinski definition) is 2. The van der Waals surface area contributed by atoms with E-state index in [0.717, 1.165) is 34.2 Å². The summed E-state index contributed by atoms with van der Waals surface area (Å²) in [6, 6.07) is 14.6. The summed E-state index contributed by atoms with van der Waals surface area (Å²) in [7, 11) is 3.98. The summed E-state index contributed by atoms with van der Waals surface area (Å²) in [4.78, 5) is 24.8. The lowest BCUT2D eigenvalue weighted by molar-refractivity contribution is 0.331. The predicted octanol–water partition coefficient (Wildman–Crippen LogP) is 3.17. The number of aromatic nitrogens is 3. The van der Waals surface area contributed by atoms with Crippen molar-refractivity contribution >= 4 is 33.4 Å². The summed E-state index contributed by atoms with van der Waals surface area (Å²) in [5.74, 6) is 0.343. The van der Waals surface area contributed by atoms with Crippen LogP contribution in [-0.2, 0) is 13.1 Å². The van der Waals surface area contributed by atoms with Gasteiger partial charge in [-0.1, -0.05) is 24.3 Å². The SMILES string of the molecule is CN(C)c1ccc2c(c1)nc(N)c1[nH]c(=O)n(Cc3ccc(CN4CCCC4)cc3)c12. The van der Waals surface area contributed by atoms with E-state index in [9.17, 15) is 4.79 Å². The molecule has 2 aromatic carbocycles. The van der Waals surface area contributed by atoms with E-state index in [0.29, 0.717) is 17.9 Å². The molecule has 0 atom stereocenters. The number of pyridine rings is 1. The van der Waals surface area contributed by atoms with Gasteiger partial charge in [0.15, 0.2) is 0 Å². The molecule has 7 nitrogen and oxygen atoms in total. The fourth-order valence-electron chi connectivity index (χ4n) is 4.49. The molecule has 2 aromatic heterocycles. The number of nitrogens with one attached hydrogen (secondary N) is 1. The quantitative estimate of drug-likeness (QED) is 0.522. The van der Waals surface area contributed by atoms with Crippen LogP contribution in [0.3, 0.4) is 0 Å². The number of rotatable bonds is 5. The Morgan fingerprint density at radius 2 is 1.71 bits per heavy atom. The van der Waals surface area contributed by atoms with Gasteiger partial charge in [-0.2, -0.15) is 0 Å². The smallest absolute Gasteiger partial charge is 0.326 e. The van der Waals surface area contributed by atoms with Crippen LogP contribution in [0.4, 0.5) is 11.5 Å². The number of likely N-dealkylation sites (tertiary alicyclic amines) is 1. The molecule has 0 radical (unpaired) electrons. The average molecular weight is 417 g/mol. The average Bonchev–Trinajstić information content (AvgIpc) is 3.38. The van der Waals surface area contributed by atoms with Crippen LogP contribution in [0.1, 0.15) is 24.0 Å². The maximum absolute atomic E-state index is 12.8. The van der Waals surface area contributed by atoms with Crippen molar-refractivity contribution in [2.45, 2.75) is 25.9 Å². The third-order valence-electron chi connectivity index (χ3n) is 6.20. The van der Waals surface area contributed by atoms with Gasteiger partial charge in [-0.25, -0.2) is 9.78 Å². The molecule has 160 valence electrons. The molecule has 31 heavy (non-hydrogen) atoms. The molecule has 0 saturated carbocycles. The van der Waals surface area contributed by atoms with Crippen molar-refractivity contribution in [2.75, 3.05) is 37.8 Å². The van der Waals surface area contributed by atoms with Crippen molar-refractivity contribution < 1.29 is 0 Å². The normalized spacial score (nSPS) is 14.6. The lowest BCUT2D eigenvalue weighted by Gasteiger charge is -2.15. The van der Waals surface area contributed by atoms with E-state index < -0.39 is 0 Å². The van der Waals surface area contributed by atoms with Crippen molar-refractivity contribution in [3.05, 3.63) is 64.1 Å². The highest BCUT2D eigenvalue weighted by molar-refractivity contribution is 6.07. The minimum Gasteiger partial charge on any atom is -0.382 e. The molecular formula is C24H28N6O. The van der Waals surface area contributed by atoms with Crippen molar-refractivity contribution in [1.82, 2.24) is 19.4 Å². The Kier molecular flexibility index (Phi) is 4.90. The molecule has 5 rings (SSSR count). The highest BCUT2D eigenvalue weighted by Crippen LogP contribution is 2.29. The van der Waals surface area contributed by atoms with Crippen LogP contribution in [0.25, 0.3) is 21.9 Å². The minimum atomic E-state index is -0.172. The monoisotopic (exact) mass is 416 g/mol. The second kappa shape index (κ2) is 7.74. The van der Waals surface area contributed by atoms with E-state index in [2.05, 4.69) is 39.1 Å². The lowest BCUT2D eigenvalue weighted by atomic mass is 10.1. The first-order chi connectivity index (χ1) is 15.0. The van der Waals surface area contributed by atoms with Gasteiger partial charge >= 0.3 is 5.69 Å². The van der Waals surface area contributed by atoms with Crippen LogP contribution in [0, 0.1) is 0 Å². The molecule has 3 heterocycles. The van der Waals surface area contributed by atoms with Crippen molar-refractivity contribution in [3.8, 4) is 0 Å². The Hall–Kier alpha value is -3.32. The topological polar surface area (TPSA) is 83.2 Å². The summed E-state index contributed by atoms with van der Waals surface area (Å²) in [5.41, 5.74) is 11.7. The number of H-pyrrole nitrogens is 1. The molecule has 3 N–H and O–H groups in total. The van der Waals surface area contributed by atoms with Gasteiger partial charge in [-0.3, -0.25) is 9.47 Å². The Morgan fingerprint density at radius 1 is 1.03 bits per heavy atom. The van der Waals surface area contributed by atoms with Crippen molar-refractivity contribution in [2.24, 2.45) is 0 Å². The molecule has 0 unspecified atom stereocenters. The first kappa shape index (κ1) is 19.6. The zero-order chi connectivity index (χ0) is 21.5. The second-order valence-electron chi connectivity index (χ2n) is 8.63. The molecule has 0 amide bonds. The third-order valence-corrected chi connectivity index (χ3v) is 6.20. The largest absolute Gasteiger partial charge is 0.382 e. The zero-order valence-electron chi connectivity index (χ0n) is 18.1. The molecule has 1 aliphatic heterocycles. The molecule has 4 aromatic rings. The summed E-state index contributed by atoms with van der Waals surface area (Å²) < 4.78 is 1.76. The van der Waals surface area contributed by atoms with Crippen LogP contribution in [0.2, 0.25) is 0 Å². The lowest BCUT2D eigenvalue weighted by Crippen LogP contribution is -2.19. The first-order valence-corrected chi connectivity index (χ1v) is 10.8. The van der Waals surface area contributed by atoms with E-state index in [1.807, 2.05) is 37.2 Å². The molecule has 1 aliphatic rings. The number of nitrogens with zero attached hydrogens (tertiary/aromatic N) is 4. The molecule has 0 bridgehead atoms. The van der Waals surface area contributed by atoms with Gasteiger partial charge in [0.25, 0.3) is 0 Å². The molecule has 7 heteroatoms. The summed E-state index contributed by atoms with van der Waals surface area (Å²) in [5, 5.41) is 0.916. The zero-order valence-corrected chi connectivity index (χ0v) is 18.1. The Labute approximate surface area is 181 Å². The van der Waals surface area contributed by atoms with Gasteiger partial charge in [-0.05, 0) is 55.3 Å². The Balaban J connectivity index is 1.52. The van der Waals surface area contributed by atoms with Crippen LogP contribution in [0.15, 0.2) is 47.3 Å². The summed E-state index contributed by atoms with van der Waals surface area (Å²) in [6.07, 6.45) is 2.59. The second-order valence-corrected chi connectivity index (χ2v) is 8.63. The fraction of sp³-hybridized carbons (Fsp3) is 0.333. The molecule has 1 fully saturated rings. The van der Waals surface area contributed by atoms with Gasteiger partial charge in [-0.15, -0.1) is 0 Å². The van der Waals surface area contributed by atoms with Crippen molar-refractivity contribution in [3.63, 3.8) is 0 Å². The Bertz CT molecular complexity index is 1300. The number of aromatic amines is 1. The van der Waals surface area contributed by atoms with Gasteiger partial charge in [0, 0.05) is 31.7 Å². The number of nitrogens with two attached hydrogens (primary N) is 1. The van der Waals surface area contributed by atoms with Gasteiger partial charge < -0.3 is 15.6 Å². The molecule has 1 saturated heterocycles. The van der Waals surface area contributed by atoms with Crippen LogP contribution >= 0.6 is 0 Å². The van der Waals surface area contributed by atoms with E-state index in [1.165, 1.54) is 31.5 Å². The Morgan fingerprint density at radius 3 is 2.39 bits per heavy atom. The van der Waals surface area contributed by atoms with E-state index in [1.54, 1.807) is 4.57 Å². The number of anilines is 2. The summed E-state index contributed by atoms with van der Waals surface area (Å²) >= 11 is 0. The number of nitrogen functional groups attached to an aromatic ring is 1. The highest BCUT2D eigenvalue weighted by atomic mass is 16.1. The fourth-order valence-corrected chi connectivity index (χ4v) is 4.49. The van der Waals surface area contributed by atoms with Crippen LogP contribution in [-0.4, -0.2) is 46.6 Å². The van der Waals surface area contributed by atoms with E-state index >= 15 is 0 Å². The van der Waals surface area contributed by atoms with Crippen molar-refractivity contribution in [1.29, 1.82) is 0 Å². The van der Waals surface area contributed by atoms with E-state index in [4.69, 9.17) is 5.73 Å². The number of hydrogen-bond acceptors (Lipinski definition) is 5. The van der Waals surface area contributed by atoms with Gasteiger partial charge in [0.05, 0.1) is 17.6 Å². The van der Waals surface area contributed by atoms with E-state index in [-0.39, 0.29) is 5.69 Å². The van der Waals surface area contributed by atoms with Gasteiger partial charge in [0.1, 0.15) is 11.3 Å². The highest BCUT2D eigenvalue weighted by Gasteiger charge is 2.16. The van der Waals surface area contributed by atoms with Gasteiger partial charge in [0.2, 0.25) is 0 Å². The summed E-state index contributed by atoms with van der Waals surface area (Å²) in [6.45, 7) is 3.85. The minimum absolute atomic E-state index is 0.172. The third kappa shape index (κ3) is 3.65. The maximum Gasteiger partial charge on any atom is 0.326 e. The van der Waals surface area contributed by atoms with Crippen LogP contribution < -0.4 is 16.3 Å². The van der Waals surface area contributed by atoms with Crippen LogP contribution in [0.5, 0.6) is 0 Å². The number of benzene rings is 2. The predicted molar refractivity (Wildman–Crippen MR) is 127 cm³/mol. The standard InChI is InChI=1S/C24H28N6O/c1-28(2)18-9-10-19-20(13-18)26-23(25)21-22(19)30(24(31)27-21)15-17-7-5-16(6-8-17)14-29-11-3-4-12-29/h5-10,13H,3-4,11-12,14-15H2,1-2H3,(H2,25,26)(H,27,31). The number of fused-ring (bicyclic) bond motifs is 3. The molecular weight excluding hydrogens is 388 g/mol. The number of imidazole rings is 1. The first-order valence-electron chi connectivity index (χ1n) is 10.8. The molecule has 0 spiro atoms. The molecule has 0 aliphatic carbocycles. The maximum atomic E-state index is 12.8.